The second-order valence-corrected chi connectivity index (χ2v) is 7.45. The standard InChI is InChI=1S/C22H16Cl2N6O3/c23-16-2-1-3-17(24)15(16)11-19-26-18(10-13-4-6-14(12-25)7-5-13)27-22(28-19)30-29-20(31)8-9-21(32)33/h1-9H,10-11H2,(H,29,31)(H,32,33)(H,26,27,28,30). The fraction of sp³-hybridized carbons (Fsp3) is 0.0909. The summed E-state index contributed by atoms with van der Waals surface area (Å²) in [5.74, 6) is -1.17. The summed E-state index contributed by atoms with van der Waals surface area (Å²) in [6, 6.07) is 14.2. The summed E-state index contributed by atoms with van der Waals surface area (Å²) in [7, 11) is 0. The van der Waals surface area contributed by atoms with Gasteiger partial charge in [-0.1, -0.05) is 41.4 Å². The number of carboxylic acid groups (broad SMARTS) is 1. The Morgan fingerprint density at radius 2 is 1.61 bits per heavy atom. The number of rotatable bonds is 8. The Balaban J connectivity index is 1.88. The molecule has 33 heavy (non-hydrogen) atoms. The molecule has 166 valence electrons. The lowest BCUT2D eigenvalue weighted by Gasteiger charge is -2.11. The summed E-state index contributed by atoms with van der Waals surface area (Å²) in [6.45, 7) is 0. The van der Waals surface area contributed by atoms with Gasteiger partial charge in [-0.3, -0.25) is 15.6 Å². The summed E-state index contributed by atoms with van der Waals surface area (Å²) in [5.41, 5.74) is 6.88. The maximum Gasteiger partial charge on any atom is 0.328 e. The van der Waals surface area contributed by atoms with E-state index in [4.69, 9.17) is 33.6 Å². The molecule has 9 nitrogen and oxygen atoms in total. The minimum absolute atomic E-state index is 0.0453. The molecule has 1 amide bonds. The average Bonchev–Trinajstić information content (AvgIpc) is 2.79. The number of carbonyl (C=O) groups is 2. The first-order valence-electron chi connectivity index (χ1n) is 9.47. The van der Waals surface area contributed by atoms with E-state index in [1.54, 1.807) is 42.5 Å². The third-order valence-corrected chi connectivity index (χ3v) is 4.95. The molecule has 0 unspecified atom stereocenters. The zero-order chi connectivity index (χ0) is 23.8. The van der Waals surface area contributed by atoms with Gasteiger partial charge in [-0.05, 0) is 35.4 Å². The number of benzene rings is 2. The molecule has 11 heteroatoms. The summed E-state index contributed by atoms with van der Waals surface area (Å²) >= 11 is 12.5. The van der Waals surface area contributed by atoms with Gasteiger partial charge in [0.2, 0.25) is 5.95 Å². The topological polar surface area (TPSA) is 141 Å². The summed E-state index contributed by atoms with van der Waals surface area (Å²) in [6.07, 6.45) is 2.09. The molecule has 0 atom stereocenters. The molecule has 1 aromatic heterocycles. The molecular weight excluding hydrogens is 467 g/mol. The quantitative estimate of drug-likeness (QED) is 0.327. The Bertz CT molecular complexity index is 1240. The van der Waals surface area contributed by atoms with Crippen molar-refractivity contribution in [2.45, 2.75) is 12.8 Å². The Hall–Kier alpha value is -4.00. The molecule has 0 aliphatic carbocycles. The van der Waals surface area contributed by atoms with E-state index in [1.165, 1.54) is 0 Å². The number of halogens is 2. The van der Waals surface area contributed by atoms with Crippen LogP contribution in [0.4, 0.5) is 5.95 Å². The molecule has 0 saturated carbocycles. The fourth-order valence-electron chi connectivity index (χ4n) is 2.73. The maximum absolute atomic E-state index is 11.8. The number of nitrogens with zero attached hydrogens (tertiary/aromatic N) is 4. The average molecular weight is 483 g/mol. The first-order valence-corrected chi connectivity index (χ1v) is 10.2. The van der Waals surface area contributed by atoms with E-state index in [0.717, 1.165) is 11.6 Å². The van der Waals surface area contributed by atoms with Crippen LogP contribution >= 0.6 is 23.2 Å². The van der Waals surface area contributed by atoms with Crippen molar-refractivity contribution >= 4 is 41.0 Å². The van der Waals surface area contributed by atoms with Crippen LogP contribution in [0.1, 0.15) is 28.3 Å². The maximum atomic E-state index is 11.8. The molecular formula is C22H16Cl2N6O3. The van der Waals surface area contributed by atoms with Gasteiger partial charge in [0, 0.05) is 35.0 Å². The molecule has 1 heterocycles. The van der Waals surface area contributed by atoms with E-state index >= 15 is 0 Å². The molecule has 3 aromatic rings. The lowest BCUT2D eigenvalue weighted by atomic mass is 10.1. The van der Waals surface area contributed by atoms with E-state index in [2.05, 4.69) is 31.9 Å². The van der Waals surface area contributed by atoms with Gasteiger partial charge >= 0.3 is 5.97 Å². The van der Waals surface area contributed by atoms with Gasteiger partial charge in [-0.25, -0.2) is 9.78 Å². The van der Waals surface area contributed by atoms with E-state index in [9.17, 15) is 9.59 Å². The Labute approximate surface area is 198 Å². The van der Waals surface area contributed by atoms with Crippen molar-refractivity contribution < 1.29 is 14.7 Å². The molecule has 0 spiro atoms. The molecule has 2 aromatic carbocycles. The summed E-state index contributed by atoms with van der Waals surface area (Å²) < 4.78 is 0. The van der Waals surface area contributed by atoms with Crippen LogP contribution in [0.3, 0.4) is 0 Å². The molecule has 3 rings (SSSR count). The van der Waals surface area contributed by atoms with E-state index in [0.29, 0.717) is 45.3 Å². The van der Waals surface area contributed by atoms with Gasteiger partial charge in [0.15, 0.2) is 0 Å². The first kappa shape index (κ1) is 23.7. The number of hydrazine groups is 1. The van der Waals surface area contributed by atoms with E-state index < -0.39 is 11.9 Å². The Morgan fingerprint density at radius 1 is 0.970 bits per heavy atom. The first-order chi connectivity index (χ1) is 15.8. The highest BCUT2D eigenvalue weighted by Crippen LogP contribution is 2.26. The Morgan fingerprint density at radius 3 is 2.21 bits per heavy atom. The highest BCUT2D eigenvalue weighted by molar-refractivity contribution is 6.36. The lowest BCUT2D eigenvalue weighted by Crippen LogP contribution is -2.29. The van der Waals surface area contributed by atoms with Crippen LogP contribution in [0.15, 0.2) is 54.6 Å². The van der Waals surface area contributed by atoms with Crippen LogP contribution in [-0.2, 0) is 22.4 Å². The highest BCUT2D eigenvalue weighted by atomic mass is 35.5. The van der Waals surface area contributed by atoms with Crippen molar-refractivity contribution in [1.29, 1.82) is 5.26 Å². The second-order valence-electron chi connectivity index (χ2n) is 6.64. The van der Waals surface area contributed by atoms with Gasteiger partial charge in [-0.15, -0.1) is 0 Å². The lowest BCUT2D eigenvalue weighted by molar-refractivity contribution is -0.131. The van der Waals surface area contributed by atoms with Crippen molar-refractivity contribution in [2.75, 3.05) is 5.43 Å². The highest BCUT2D eigenvalue weighted by Gasteiger charge is 2.13. The van der Waals surface area contributed by atoms with Gasteiger partial charge in [0.25, 0.3) is 5.91 Å². The number of nitriles is 1. The van der Waals surface area contributed by atoms with Crippen molar-refractivity contribution in [3.05, 3.63) is 93.0 Å². The molecule has 3 N–H and O–H groups in total. The predicted octanol–water partition coefficient (Wildman–Crippen LogP) is 3.32. The molecule has 0 aliphatic heterocycles. The predicted molar refractivity (Wildman–Crippen MR) is 122 cm³/mol. The van der Waals surface area contributed by atoms with Crippen LogP contribution in [0.5, 0.6) is 0 Å². The third kappa shape index (κ3) is 7.00. The van der Waals surface area contributed by atoms with Crippen molar-refractivity contribution in [3.8, 4) is 6.07 Å². The minimum Gasteiger partial charge on any atom is -0.478 e. The van der Waals surface area contributed by atoms with Gasteiger partial charge in [-0.2, -0.15) is 15.2 Å². The van der Waals surface area contributed by atoms with Crippen LogP contribution in [0.25, 0.3) is 0 Å². The molecule has 0 radical (unpaired) electrons. The van der Waals surface area contributed by atoms with Crippen LogP contribution in [0.2, 0.25) is 10.0 Å². The summed E-state index contributed by atoms with van der Waals surface area (Å²) in [4.78, 5) is 35.4. The zero-order valence-electron chi connectivity index (χ0n) is 16.9. The van der Waals surface area contributed by atoms with Crippen molar-refractivity contribution in [3.63, 3.8) is 0 Å². The van der Waals surface area contributed by atoms with Crippen molar-refractivity contribution in [1.82, 2.24) is 20.4 Å². The van der Waals surface area contributed by atoms with Crippen LogP contribution < -0.4 is 10.9 Å². The largest absolute Gasteiger partial charge is 0.478 e. The molecule has 0 aliphatic rings. The summed E-state index contributed by atoms with van der Waals surface area (Å²) in [5, 5.41) is 18.5. The molecule has 0 saturated heterocycles. The van der Waals surface area contributed by atoms with Gasteiger partial charge in [0.05, 0.1) is 11.6 Å². The van der Waals surface area contributed by atoms with E-state index in [-0.39, 0.29) is 12.4 Å². The monoisotopic (exact) mass is 482 g/mol. The zero-order valence-corrected chi connectivity index (χ0v) is 18.4. The number of hydrogen-bond acceptors (Lipinski definition) is 7. The molecule has 0 fully saturated rings. The number of amides is 1. The number of anilines is 1. The molecule has 0 bridgehead atoms. The number of nitrogens with one attached hydrogen (secondary N) is 2. The number of carboxylic acids is 1. The van der Waals surface area contributed by atoms with Crippen molar-refractivity contribution in [2.24, 2.45) is 0 Å². The number of aliphatic carboxylic acids is 1. The van der Waals surface area contributed by atoms with Crippen LogP contribution in [-0.4, -0.2) is 31.9 Å². The normalized spacial score (nSPS) is 10.6. The fourth-order valence-corrected chi connectivity index (χ4v) is 3.26. The van der Waals surface area contributed by atoms with Gasteiger partial charge < -0.3 is 5.11 Å². The smallest absolute Gasteiger partial charge is 0.328 e. The number of aromatic nitrogens is 3. The number of carbonyl (C=O) groups excluding carboxylic acids is 1. The van der Waals surface area contributed by atoms with Gasteiger partial charge in [0.1, 0.15) is 11.6 Å². The van der Waals surface area contributed by atoms with E-state index in [1.807, 2.05) is 0 Å². The van der Waals surface area contributed by atoms with Crippen LogP contribution in [0, 0.1) is 11.3 Å². The number of hydrogen-bond donors (Lipinski definition) is 3. The third-order valence-electron chi connectivity index (χ3n) is 4.24. The second kappa shape index (κ2) is 11.0. The SMILES string of the molecule is N#Cc1ccc(Cc2nc(Cc3c(Cl)cccc3Cl)nc(NNC(=O)C=CC(=O)O)n2)cc1. The minimum atomic E-state index is -1.26. The Kier molecular flexibility index (Phi) is 7.91.